The van der Waals surface area contributed by atoms with Crippen molar-refractivity contribution >= 4 is 35.6 Å². The first-order chi connectivity index (χ1) is 8.56. The summed E-state index contributed by atoms with van der Waals surface area (Å²) >= 11 is 12.0. The molecule has 0 radical (unpaired) electrons. The standard InChI is InChI=1S/C14H15Cl2NO.ClH/c1-9(2)17-8-11-4-6-14(18-11)12-5-3-10(15)7-13(12)16;/h3-7,9,17H,8H2,1-2H3;1H. The van der Waals surface area contributed by atoms with Crippen LogP contribution < -0.4 is 5.32 Å². The summed E-state index contributed by atoms with van der Waals surface area (Å²) in [5.74, 6) is 1.65. The number of furan rings is 1. The van der Waals surface area contributed by atoms with Crippen molar-refractivity contribution in [1.82, 2.24) is 5.32 Å². The molecule has 19 heavy (non-hydrogen) atoms. The highest BCUT2D eigenvalue weighted by Crippen LogP contribution is 2.31. The summed E-state index contributed by atoms with van der Waals surface area (Å²) in [7, 11) is 0. The maximum atomic E-state index is 6.14. The number of hydrogen-bond donors (Lipinski definition) is 1. The van der Waals surface area contributed by atoms with E-state index in [9.17, 15) is 0 Å². The second-order valence-electron chi connectivity index (χ2n) is 4.43. The molecule has 5 heteroatoms. The molecule has 0 saturated carbocycles. The Morgan fingerprint density at radius 1 is 1.16 bits per heavy atom. The van der Waals surface area contributed by atoms with Crippen molar-refractivity contribution in [3.63, 3.8) is 0 Å². The van der Waals surface area contributed by atoms with E-state index in [2.05, 4.69) is 19.2 Å². The molecule has 1 aromatic heterocycles. The summed E-state index contributed by atoms with van der Waals surface area (Å²) in [5, 5.41) is 4.52. The van der Waals surface area contributed by atoms with Gasteiger partial charge in [0.05, 0.1) is 11.6 Å². The van der Waals surface area contributed by atoms with Crippen LogP contribution in [0.4, 0.5) is 0 Å². The Bertz CT molecular complexity index is 537. The lowest BCUT2D eigenvalue weighted by Gasteiger charge is -2.05. The molecule has 0 saturated heterocycles. The summed E-state index contributed by atoms with van der Waals surface area (Å²) in [6, 6.07) is 9.69. The van der Waals surface area contributed by atoms with Gasteiger partial charge in [0.1, 0.15) is 11.5 Å². The molecule has 0 aliphatic rings. The first-order valence-corrected chi connectivity index (χ1v) is 6.59. The second-order valence-corrected chi connectivity index (χ2v) is 5.27. The van der Waals surface area contributed by atoms with Gasteiger partial charge in [0.25, 0.3) is 0 Å². The molecule has 0 unspecified atom stereocenters. The third-order valence-electron chi connectivity index (χ3n) is 2.54. The van der Waals surface area contributed by atoms with E-state index in [1.165, 1.54) is 0 Å². The zero-order valence-electron chi connectivity index (χ0n) is 10.7. The van der Waals surface area contributed by atoms with E-state index in [0.29, 0.717) is 22.6 Å². The molecule has 0 fully saturated rings. The van der Waals surface area contributed by atoms with Crippen LogP contribution in [0.5, 0.6) is 0 Å². The van der Waals surface area contributed by atoms with Crippen molar-refractivity contribution in [3.05, 3.63) is 46.1 Å². The molecule has 1 heterocycles. The van der Waals surface area contributed by atoms with E-state index >= 15 is 0 Å². The van der Waals surface area contributed by atoms with Gasteiger partial charge in [-0.3, -0.25) is 0 Å². The molecule has 2 nitrogen and oxygen atoms in total. The Morgan fingerprint density at radius 2 is 1.89 bits per heavy atom. The predicted octanol–water partition coefficient (Wildman–Crippen LogP) is 5.17. The molecule has 1 N–H and O–H groups in total. The van der Waals surface area contributed by atoms with Crippen LogP contribution in [0.3, 0.4) is 0 Å². The van der Waals surface area contributed by atoms with E-state index < -0.39 is 0 Å². The normalized spacial score (nSPS) is 10.6. The van der Waals surface area contributed by atoms with Crippen molar-refractivity contribution in [2.24, 2.45) is 0 Å². The average Bonchev–Trinajstić information content (AvgIpc) is 2.75. The lowest BCUT2D eigenvalue weighted by Crippen LogP contribution is -2.21. The lowest BCUT2D eigenvalue weighted by atomic mass is 10.2. The van der Waals surface area contributed by atoms with Crippen LogP contribution in [0.2, 0.25) is 10.0 Å². The molecule has 2 aromatic rings. The fourth-order valence-corrected chi connectivity index (χ4v) is 2.11. The Labute approximate surface area is 129 Å². The molecule has 0 aliphatic carbocycles. The van der Waals surface area contributed by atoms with Gasteiger partial charge < -0.3 is 9.73 Å². The first-order valence-electron chi connectivity index (χ1n) is 5.84. The average molecular weight is 321 g/mol. The van der Waals surface area contributed by atoms with Crippen molar-refractivity contribution in [3.8, 4) is 11.3 Å². The number of halogens is 3. The minimum absolute atomic E-state index is 0. The summed E-state index contributed by atoms with van der Waals surface area (Å²) in [6.07, 6.45) is 0. The monoisotopic (exact) mass is 319 g/mol. The van der Waals surface area contributed by atoms with E-state index in [1.54, 1.807) is 12.1 Å². The maximum Gasteiger partial charge on any atom is 0.135 e. The van der Waals surface area contributed by atoms with Gasteiger partial charge in [0, 0.05) is 16.6 Å². The van der Waals surface area contributed by atoms with E-state index in [1.807, 2.05) is 18.2 Å². The van der Waals surface area contributed by atoms with Gasteiger partial charge in [0.2, 0.25) is 0 Å². The van der Waals surface area contributed by atoms with Gasteiger partial charge in [-0.15, -0.1) is 12.4 Å². The van der Waals surface area contributed by atoms with Gasteiger partial charge in [-0.2, -0.15) is 0 Å². The van der Waals surface area contributed by atoms with Gasteiger partial charge in [0.15, 0.2) is 0 Å². The second kappa shape index (κ2) is 7.20. The fourth-order valence-electron chi connectivity index (χ4n) is 1.61. The van der Waals surface area contributed by atoms with Crippen molar-refractivity contribution < 1.29 is 4.42 Å². The Hall–Kier alpha value is -0.670. The lowest BCUT2D eigenvalue weighted by molar-refractivity contribution is 0.473. The van der Waals surface area contributed by atoms with Crippen LogP contribution in [0.25, 0.3) is 11.3 Å². The Kier molecular flexibility index (Phi) is 6.21. The molecule has 0 aliphatic heterocycles. The van der Waals surface area contributed by atoms with E-state index in [0.717, 1.165) is 17.1 Å². The van der Waals surface area contributed by atoms with E-state index in [-0.39, 0.29) is 12.4 Å². The molecule has 2 rings (SSSR count). The highest BCUT2D eigenvalue weighted by atomic mass is 35.5. The van der Waals surface area contributed by atoms with Gasteiger partial charge in [-0.25, -0.2) is 0 Å². The van der Waals surface area contributed by atoms with Crippen LogP contribution >= 0.6 is 35.6 Å². The van der Waals surface area contributed by atoms with Crippen LogP contribution in [0.15, 0.2) is 34.7 Å². The van der Waals surface area contributed by atoms with Gasteiger partial charge in [-0.1, -0.05) is 37.0 Å². The first kappa shape index (κ1) is 16.4. The van der Waals surface area contributed by atoms with Crippen molar-refractivity contribution in [2.75, 3.05) is 0 Å². The fraction of sp³-hybridized carbons (Fsp3) is 0.286. The highest BCUT2D eigenvalue weighted by Gasteiger charge is 2.09. The third kappa shape index (κ3) is 4.43. The quantitative estimate of drug-likeness (QED) is 0.840. The molecule has 104 valence electrons. The molecule has 0 bridgehead atoms. The summed E-state index contributed by atoms with van der Waals surface area (Å²) in [6.45, 7) is 4.91. The van der Waals surface area contributed by atoms with Crippen LogP contribution in [-0.2, 0) is 6.54 Å². The highest BCUT2D eigenvalue weighted by molar-refractivity contribution is 6.36. The zero-order chi connectivity index (χ0) is 13.1. The Balaban J connectivity index is 0.00000180. The van der Waals surface area contributed by atoms with Crippen LogP contribution in [0, 0.1) is 0 Å². The zero-order valence-corrected chi connectivity index (χ0v) is 13.1. The minimum atomic E-state index is 0. The molecule has 0 amide bonds. The maximum absolute atomic E-state index is 6.14. The van der Waals surface area contributed by atoms with Crippen LogP contribution in [0.1, 0.15) is 19.6 Å². The Morgan fingerprint density at radius 3 is 2.53 bits per heavy atom. The number of hydrogen-bond acceptors (Lipinski definition) is 2. The molecule has 0 spiro atoms. The van der Waals surface area contributed by atoms with Crippen molar-refractivity contribution in [2.45, 2.75) is 26.4 Å². The smallest absolute Gasteiger partial charge is 0.135 e. The molecular formula is C14H16Cl3NO. The van der Waals surface area contributed by atoms with Crippen LogP contribution in [-0.4, -0.2) is 6.04 Å². The third-order valence-corrected chi connectivity index (χ3v) is 3.09. The summed E-state index contributed by atoms with van der Waals surface area (Å²) in [4.78, 5) is 0. The number of rotatable bonds is 4. The van der Waals surface area contributed by atoms with Gasteiger partial charge >= 0.3 is 0 Å². The predicted molar refractivity (Wildman–Crippen MR) is 83.4 cm³/mol. The topological polar surface area (TPSA) is 25.2 Å². The largest absolute Gasteiger partial charge is 0.460 e. The molecule has 0 atom stereocenters. The minimum Gasteiger partial charge on any atom is -0.460 e. The molecular weight excluding hydrogens is 305 g/mol. The van der Waals surface area contributed by atoms with Crippen molar-refractivity contribution in [1.29, 1.82) is 0 Å². The SMILES string of the molecule is CC(C)NCc1ccc(-c2ccc(Cl)cc2Cl)o1.Cl. The molecule has 1 aromatic carbocycles. The summed E-state index contributed by atoms with van der Waals surface area (Å²) < 4.78 is 5.75. The van der Waals surface area contributed by atoms with E-state index in [4.69, 9.17) is 27.6 Å². The van der Waals surface area contributed by atoms with Gasteiger partial charge in [-0.05, 0) is 30.3 Å². The number of nitrogens with one attached hydrogen (secondary N) is 1. The summed E-state index contributed by atoms with van der Waals surface area (Å²) in [5.41, 5.74) is 0.858. The number of benzene rings is 1.